The molecule has 4 N–H and O–H groups in total. The van der Waals surface area contributed by atoms with E-state index in [1.807, 2.05) is 12.1 Å². The molecule has 0 saturated heterocycles. The summed E-state index contributed by atoms with van der Waals surface area (Å²) in [5.41, 5.74) is 3.45. The van der Waals surface area contributed by atoms with Gasteiger partial charge < -0.3 is 10.1 Å². The van der Waals surface area contributed by atoms with E-state index in [0.29, 0.717) is 22.8 Å². The molecule has 0 spiro atoms. The first-order valence-electron chi connectivity index (χ1n) is 6.88. The minimum absolute atomic E-state index is 0.344. The third-order valence-electron chi connectivity index (χ3n) is 3.44. The summed E-state index contributed by atoms with van der Waals surface area (Å²) in [6.45, 7) is 0. The minimum atomic E-state index is 0.344. The molecule has 1 saturated carbocycles. The van der Waals surface area contributed by atoms with Crippen molar-refractivity contribution in [3.05, 3.63) is 23.2 Å². The molecule has 5 nitrogen and oxygen atoms in total. The molecule has 0 aliphatic heterocycles. The van der Waals surface area contributed by atoms with Gasteiger partial charge >= 0.3 is 0 Å². The van der Waals surface area contributed by atoms with E-state index in [2.05, 4.69) is 15.7 Å². The van der Waals surface area contributed by atoms with Crippen LogP contribution in [-0.4, -0.2) is 19.1 Å². The number of benzene rings is 1. The average Bonchev–Trinajstić information content (AvgIpc) is 2.49. The number of halogens is 1. The Kier molecular flexibility index (Phi) is 5.49. The first kappa shape index (κ1) is 14.9. The smallest absolute Gasteiger partial charge is 0.210 e. The van der Waals surface area contributed by atoms with Crippen LogP contribution < -0.4 is 21.3 Å². The zero-order valence-electron chi connectivity index (χ0n) is 11.7. The molecule has 0 radical (unpaired) electrons. The van der Waals surface area contributed by atoms with Gasteiger partial charge in [0.05, 0.1) is 18.2 Å². The van der Waals surface area contributed by atoms with Gasteiger partial charge in [-0.1, -0.05) is 30.9 Å². The Morgan fingerprint density at radius 3 is 2.75 bits per heavy atom. The topological polar surface area (TPSA) is 71.7 Å². The second-order valence-electron chi connectivity index (χ2n) is 4.89. The van der Waals surface area contributed by atoms with Crippen LogP contribution >= 0.6 is 11.6 Å². The lowest BCUT2D eigenvalue weighted by atomic mass is 9.96. The summed E-state index contributed by atoms with van der Waals surface area (Å²) < 4.78 is 5.19. The van der Waals surface area contributed by atoms with E-state index in [1.165, 1.54) is 19.3 Å². The molecule has 110 valence electrons. The lowest BCUT2D eigenvalue weighted by molar-refractivity contribution is 0.415. The fraction of sp³-hybridized carbons (Fsp3) is 0.500. The molecule has 0 aromatic heterocycles. The van der Waals surface area contributed by atoms with Gasteiger partial charge in [-0.2, -0.15) is 0 Å². The number of guanidine groups is 1. The molecular weight excluding hydrogens is 276 g/mol. The van der Waals surface area contributed by atoms with Crippen molar-refractivity contribution in [2.24, 2.45) is 10.8 Å². The van der Waals surface area contributed by atoms with E-state index in [4.69, 9.17) is 22.2 Å². The zero-order chi connectivity index (χ0) is 14.4. The molecule has 1 aromatic carbocycles. The summed E-state index contributed by atoms with van der Waals surface area (Å²) in [7, 11) is 1.59. The predicted molar refractivity (Wildman–Crippen MR) is 83.3 cm³/mol. The Labute approximate surface area is 124 Å². The van der Waals surface area contributed by atoms with Crippen molar-refractivity contribution in [3.8, 4) is 5.75 Å². The third kappa shape index (κ3) is 4.02. The predicted octanol–water partition coefficient (Wildman–Crippen LogP) is 2.91. The largest absolute Gasteiger partial charge is 0.495 e. The molecule has 0 unspecified atom stereocenters. The van der Waals surface area contributed by atoms with Crippen LogP contribution in [0.15, 0.2) is 23.2 Å². The summed E-state index contributed by atoms with van der Waals surface area (Å²) in [4.78, 5) is 4.62. The maximum Gasteiger partial charge on any atom is 0.210 e. The Hall–Kier alpha value is -1.46. The molecule has 1 aromatic rings. The number of hydrogen-bond acceptors (Lipinski definition) is 3. The first-order chi connectivity index (χ1) is 9.72. The van der Waals surface area contributed by atoms with Crippen LogP contribution in [0.25, 0.3) is 0 Å². The number of nitrogens with two attached hydrogens (primary N) is 1. The van der Waals surface area contributed by atoms with Crippen LogP contribution in [0.1, 0.15) is 32.1 Å². The van der Waals surface area contributed by atoms with Gasteiger partial charge in [0, 0.05) is 11.8 Å². The van der Waals surface area contributed by atoms with E-state index < -0.39 is 0 Å². The van der Waals surface area contributed by atoms with Gasteiger partial charge in [0.2, 0.25) is 5.96 Å². The van der Waals surface area contributed by atoms with Gasteiger partial charge in [0.1, 0.15) is 5.75 Å². The van der Waals surface area contributed by atoms with Gasteiger partial charge in [0.15, 0.2) is 0 Å². The van der Waals surface area contributed by atoms with Crippen LogP contribution in [0, 0.1) is 0 Å². The molecular formula is C14H21ClN4O. The van der Waals surface area contributed by atoms with E-state index in [0.717, 1.165) is 18.5 Å². The fourth-order valence-electron chi connectivity index (χ4n) is 2.37. The second kappa shape index (κ2) is 7.36. The normalized spacial score (nSPS) is 16.9. The molecule has 1 aliphatic carbocycles. The van der Waals surface area contributed by atoms with Crippen LogP contribution in [0.5, 0.6) is 5.75 Å². The van der Waals surface area contributed by atoms with E-state index in [1.54, 1.807) is 13.2 Å². The number of nitrogens with one attached hydrogen (secondary N) is 2. The number of anilines is 1. The summed E-state index contributed by atoms with van der Waals surface area (Å²) in [6.07, 6.45) is 6.02. The highest BCUT2D eigenvalue weighted by molar-refractivity contribution is 6.32. The number of rotatable bonds is 3. The highest BCUT2D eigenvalue weighted by Gasteiger charge is 2.13. The van der Waals surface area contributed by atoms with Crippen molar-refractivity contribution < 1.29 is 4.74 Å². The number of nitrogens with zero attached hydrogens (tertiary/aromatic N) is 1. The molecule has 6 heteroatoms. The third-order valence-corrected chi connectivity index (χ3v) is 3.75. The maximum absolute atomic E-state index is 6.00. The zero-order valence-corrected chi connectivity index (χ0v) is 12.4. The molecule has 0 amide bonds. The van der Waals surface area contributed by atoms with E-state index in [9.17, 15) is 0 Å². The van der Waals surface area contributed by atoms with Crippen LogP contribution in [0.4, 0.5) is 5.69 Å². The highest BCUT2D eigenvalue weighted by atomic mass is 35.5. The molecule has 0 atom stereocenters. The van der Waals surface area contributed by atoms with Crippen molar-refractivity contribution in [3.63, 3.8) is 0 Å². The summed E-state index contributed by atoms with van der Waals surface area (Å²) >= 11 is 6.00. The Bertz CT molecular complexity index is 472. The number of ether oxygens (including phenoxy) is 1. The summed E-state index contributed by atoms with van der Waals surface area (Å²) in [5, 5.41) is 3.73. The van der Waals surface area contributed by atoms with Crippen LogP contribution in [0.3, 0.4) is 0 Å². The van der Waals surface area contributed by atoms with Crippen molar-refractivity contribution in [2.75, 3.05) is 12.4 Å². The van der Waals surface area contributed by atoms with Gasteiger partial charge in [-0.3, -0.25) is 5.43 Å². The Morgan fingerprint density at radius 2 is 2.10 bits per heavy atom. The minimum Gasteiger partial charge on any atom is -0.495 e. The number of aliphatic imine (C=N–C) groups is 1. The quantitative estimate of drug-likeness (QED) is 0.347. The summed E-state index contributed by atoms with van der Waals surface area (Å²) in [5.74, 6) is 6.72. The van der Waals surface area contributed by atoms with Gasteiger partial charge in [-0.15, -0.1) is 0 Å². The highest BCUT2D eigenvalue weighted by Crippen LogP contribution is 2.27. The SMILES string of the molecule is COc1cc(NC(=NC2CCCCC2)NN)ccc1Cl. The lowest BCUT2D eigenvalue weighted by Gasteiger charge is -2.19. The number of hydrazine groups is 1. The maximum atomic E-state index is 6.00. The standard InChI is InChI=1S/C14H21ClN4O/c1-20-13-9-11(7-8-12(13)15)18-14(19-16)17-10-5-3-2-4-6-10/h7-10H,2-6,16H2,1H3,(H2,17,18,19). The van der Waals surface area contributed by atoms with Crippen molar-refractivity contribution in [1.29, 1.82) is 0 Å². The van der Waals surface area contributed by atoms with Crippen molar-refractivity contribution in [2.45, 2.75) is 38.1 Å². The van der Waals surface area contributed by atoms with E-state index in [-0.39, 0.29) is 0 Å². The monoisotopic (exact) mass is 296 g/mol. The molecule has 1 aliphatic rings. The van der Waals surface area contributed by atoms with E-state index >= 15 is 0 Å². The second-order valence-corrected chi connectivity index (χ2v) is 5.30. The molecule has 20 heavy (non-hydrogen) atoms. The van der Waals surface area contributed by atoms with Crippen LogP contribution in [0.2, 0.25) is 5.02 Å². The lowest BCUT2D eigenvalue weighted by Crippen LogP contribution is -2.37. The fourth-order valence-corrected chi connectivity index (χ4v) is 2.57. The van der Waals surface area contributed by atoms with Gasteiger partial charge in [-0.05, 0) is 25.0 Å². The molecule has 0 bridgehead atoms. The summed E-state index contributed by atoms with van der Waals surface area (Å²) in [6, 6.07) is 5.79. The number of methoxy groups -OCH3 is 1. The number of hydrogen-bond donors (Lipinski definition) is 3. The van der Waals surface area contributed by atoms with Gasteiger partial charge in [-0.25, -0.2) is 10.8 Å². The Balaban J connectivity index is 2.07. The van der Waals surface area contributed by atoms with Crippen molar-refractivity contribution >= 4 is 23.2 Å². The molecule has 0 heterocycles. The molecule has 1 fully saturated rings. The average molecular weight is 297 g/mol. The molecule has 2 rings (SSSR count). The first-order valence-corrected chi connectivity index (χ1v) is 7.25. The van der Waals surface area contributed by atoms with Gasteiger partial charge in [0.25, 0.3) is 0 Å². The Morgan fingerprint density at radius 1 is 1.35 bits per heavy atom. The van der Waals surface area contributed by atoms with Crippen LogP contribution in [-0.2, 0) is 0 Å². The van der Waals surface area contributed by atoms with Crippen molar-refractivity contribution in [1.82, 2.24) is 5.43 Å².